The van der Waals surface area contributed by atoms with Crippen LogP contribution in [0.5, 0.6) is 0 Å². The van der Waals surface area contributed by atoms with Gasteiger partial charge in [-0.25, -0.2) is 14.8 Å². The Morgan fingerprint density at radius 1 is 1.19 bits per heavy atom. The molecule has 1 saturated heterocycles. The maximum atomic E-state index is 13.7. The summed E-state index contributed by atoms with van der Waals surface area (Å²) in [5, 5.41) is 5.17. The van der Waals surface area contributed by atoms with Gasteiger partial charge >= 0.3 is 18.4 Å². The molecule has 2 aliphatic heterocycles. The molecule has 0 radical (unpaired) electrons. The Bertz CT molecular complexity index is 1040. The summed E-state index contributed by atoms with van der Waals surface area (Å²) in [6.07, 6.45) is -12.8. The number of nitrogens with one attached hydrogen (secondary N) is 2. The van der Waals surface area contributed by atoms with Crippen molar-refractivity contribution in [1.82, 2.24) is 15.3 Å². The fourth-order valence-corrected chi connectivity index (χ4v) is 3.73. The Hall–Kier alpha value is -3.09. The van der Waals surface area contributed by atoms with E-state index >= 15 is 0 Å². The molecule has 2 aromatic rings. The van der Waals surface area contributed by atoms with Gasteiger partial charge in [0.15, 0.2) is 0 Å². The summed E-state index contributed by atoms with van der Waals surface area (Å²) in [6, 6.07) is 2.48. The first-order valence-electron chi connectivity index (χ1n) is 9.55. The van der Waals surface area contributed by atoms with E-state index in [2.05, 4.69) is 25.3 Å². The number of fused-ring (bicyclic) bond motifs is 1. The van der Waals surface area contributed by atoms with Crippen LogP contribution in [0.1, 0.15) is 24.2 Å². The molecule has 172 valence electrons. The Morgan fingerprint density at radius 3 is 2.59 bits per heavy atom. The van der Waals surface area contributed by atoms with Gasteiger partial charge in [-0.2, -0.15) is 26.3 Å². The van der Waals surface area contributed by atoms with Gasteiger partial charge in [0.25, 0.3) is 0 Å². The van der Waals surface area contributed by atoms with E-state index in [0.29, 0.717) is 25.7 Å². The molecule has 1 amide bonds. The standard InChI is InChI=1S/C19H17F6N5O2/c1-9-8-26-4-5-30(9)13-7-10(18(20,21)22)6-12(28-13)11-2-3-27-16-14(11)15(19(23,24)25)32-17(31)29-16/h2-3,6-7,9,15,26H,4-5,8H2,1H3,(H,27,29,31)/t9-,15?/m1/s1. The minimum Gasteiger partial charge on any atom is -0.431 e. The van der Waals surface area contributed by atoms with E-state index in [1.165, 1.54) is 0 Å². The number of pyridine rings is 2. The quantitative estimate of drug-likeness (QED) is 0.655. The van der Waals surface area contributed by atoms with Gasteiger partial charge in [0.1, 0.15) is 11.6 Å². The van der Waals surface area contributed by atoms with Crippen molar-refractivity contribution in [2.24, 2.45) is 0 Å². The average Bonchev–Trinajstić information content (AvgIpc) is 2.71. The highest BCUT2D eigenvalue weighted by Gasteiger charge is 2.49. The number of carbonyl (C=O) groups is 1. The number of alkyl halides is 6. The minimum absolute atomic E-state index is 0.0151. The number of hydrogen-bond donors (Lipinski definition) is 2. The number of halogens is 6. The van der Waals surface area contributed by atoms with Crippen LogP contribution < -0.4 is 15.5 Å². The Kier molecular flexibility index (Phi) is 5.39. The predicted octanol–water partition coefficient (Wildman–Crippen LogP) is 4.13. The molecule has 1 unspecified atom stereocenters. The molecular formula is C19H17F6N5O2. The Morgan fingerprint density at radius 2 is 1.94 bits per heavy atom. The molecule has 32 heavy (non-hydrogen) atoms. The van der Waals surface area contributed by atoms with E-state index in [0.717, 1.165) is 18.3 Å². The molecular weight excluding hydrogens is 444 g/mol. The van der Waals surface area contributed by atoms with Crippen molar-refractivity contribution in [2.45, 2.75) is 31.4 Å². The predicted molar refractivity (Wildman–Crippen MR) is 101 cm³/mol. The number of anilines is 2. The molecule has 0 bridgehead atoms. The zero-order valence-corrected chi connectivity index (χ0v) is 16.5. The Labute approximate surface area is 177 Å². The van der Waals surface area contributed by atoms with Crippen LogP contribution in [-0.2, 0) is 10.9 Å². The molecule has 0 saturated carbocycles. The van der Waals surface area contributed by atoms with Gasteiger partial charge < -0.3 is 15.0 Å². The maximum Gasteiger partial charge on any atom is 0.430 e. The number of cyclic esters (lactones) is 1. The summed E-state index contributed by atoms with van der Waals surface area (Å²) in [5.74, 6) is -0.462. The molecule has 0 aliphatic carbocycles. The summed E-state index contributed by atoms with van der Waals surface area (Å²) < 4.78 is 86.3. The van der Waals surface area contributed by atoms with Crippen LogP contribution in [0.4, 0.5) is 42.8 Å². The van der Waals surface area contributed by atoms with Crippen LogP contribution in [0.25, 0.3) is 11.3 Å². The maximum absolute atomic E-state index is 13.7. The second-order valence-corrected chi connectivity index (χ2v) is 7.42. The lowest BCUT2D eigenvalue weighted by Crippen LogP contribution is -2.50. The van der Waals surface area contributed by atoms with Crippen molar-refractivity contribution < 1.29 is 35.9 Å². The van der Waals surface area contributed by atoms with E-state index in [1.54, 1.807) is 11.8 Å². The van der Waals surface area contributed by atoms with Crippen LogP contribution in [0.2, 0.25) is 0 Å². The van der Waals surface area contributed by atoms with Crippen molar-refractivity contribution in [3.8, 4) is 11.3 Å². The van der Waals surface area contributed by atoms with Crippen molar-refractivity contribution in [1.29, 1.82) is 0 Å². The van der Waals surface area contributed by atoms with Gasteiger partial charge in [0.05, 0.1) is 16.8 Å². The van der Waals surface area contributed by atoms with Crippen LogP contribution in [-0.4, -0.2) is 47.9 Å². The second-order valence-electron chi connectivity index (χ2n) is 7.42. The molecule has 1 fully saturated rings. The average molecular weight is 461 g/mol. The van der Waals surface area contributed by atoms with Gasteiger partial charge in [-0.05, 0) is 25.1 Å². The first-order chi connectivity index (χ1) is 14.9. The topological polar surface area (TPSA) is 79.4 Å². The highest BCUT2D eigenvalue weighted by atomic mass is 19.4. The minimum atomic E-state index is -5.01. The highest BCUT2D eigenvalue weighted by Crippen LogP contribution is 2.46. The van der Waals surface area contributed by atoms with Crippen molar-refractivity contribution in [3.05, 3.63) is 35.5 Å². The largest absolute Gasteiger partial charge is 0.431 e. The molecule has 7 nitrogen and oxygen atoms in total. The van der Waals surface area contributed by atoms with Crippen LogP contribution in [0.15, 0.2) is 24.4 Å². The first-order valence-corrected chi connectivity index (χ1v) is 9.55. The monoisotopic (exact) mass is 461 g/mol. The third-order valence-corrected chi connectivity index (χ3v) is 5.21. The SMILES string of the molecule is C[C@@H]1CNCCN1c1cc(C(F)(F)F)cc(-c2ccnc3c2C(C(F)(F)F)OC(=O)N3)n1. The zero-order valence-electron chi connectivity index (χ0n) is 16.5. The van der Waals surface area contributed by atoms with E-state index < -0.39 is 41.5 Å². The second kappa shape index (κ2) is 7.80. The molecule has 2 atom stereocenters. The fraction of sp³-hybridized carbons (Fsp3) is 0.421. The molecule has 2 aromatic heterocycles. The van der Waals surface area contributed by atoms with Gasteiger partial charge in [-0.1, -0.05) is 0 Å². The summed E-state index contributed by atoms with van der Waals surface area (Å²) >= 11 is 0. The highest BCUT2D eigenvalue weighted by molar-refractivity contribution is 5.89. The third kappa shape index (κ3) is 4.16. The van der Waals surface area contributed by atoms with E-state index in [-0.39, 0.29) is 23.1 Å². The fourth-order valence-electron chi connectivity index (χ4n) is 3.73. The van der Waals surface area contributed by atoms with Gasteiger partial charge in [-0.15, -0.1) is 0 Å². The number of piperazine rings is 1. The zero-order chi connectivity index (χ0) is 23.3. The number of ether oxygens (including phenoxy) is 1. The number of carbonyl (C=O) groups excluding carboxylic acids is 1. The number of aromatic nitrogens is 2. The van der Waals surface area contributed by atoms with Gasteiger partial charge in [0, 0.05) is 37.4 Å². The van der Waals surface area contributed by atoms with E-state index in [9.17, 15) is 31.1 Å². The van der Waals surface area contributed by atoms with Crippen molar-refractivity contribution >= 4 is 17.7 Å². The molecule has 0 spiro atoms. The van der Waals surface area contributed by atoms with Crippen LogP contribution in [0, 0.1) is 0 Å². The molecule has 2 N–H and O–H groups in total. The number of rotatable bonds is 2. The van der Waals surface area contributed by atoms with E-state index in [1.807, 2.05) is 0 Å². The van der Waals surface area contributed by atoms with Crippen molar-refractivity contribution in [2.75, 3.05) is 29.9 Å². The normalized spacial score (nSPS) is 21.6. The lowest BCUT2D eigenvalue weighted by Gasteiger charge is -2.35. The summed E-state index contributed by atoms with van der Waals surface area (Å²) in [6.45, 7) is 3.19. The molecule has 4 rings (SSSR count). The van der Waals surface area contributed by atoms with Crippen LogP contribution >= 0.6 is 0 Å². The molecule has 2 aliphatic rings. The third-order valence-electron chi connectivity index (χ3n) is 5.21. The lowest BCUT2D eigenvalue weighted by molar-refractivity contribution is -0.206. The molecule has 4 heterocycles. The lowest BCUT2D eigenvalue weighted by atomic mass is 9.98. The summed E-state index contributed by atoms with van der Waals surface area (Å²) in [7, 11) is 0. The smallest absolute Gasteiger partial charge is 0.430 e. The summed E-state index contributed by atoms with van der Waals surface area (Å²) in [4.78, 5) is 21.2. The molecule has 0 aromatic carbocycles. The molecule has 13 heteroatoms. The number of hydrogen-bond acceptors (Lipinski definition) is 6. The van der Waals surface area contributed by atoms with E-state index in [4.69, 9.17) is 0 Å². The van der Waals surface area contributed by atoms with Crippen LogP contribution in [0.3, 0.4) is 0 Å². The van der Waals surface area contributed by atoms with Gasteiger partial charge in [0.2, 0.25) is 6.10 Å². The van der Waals surface area contributed by atoms with Gasteiger partial charge in [-0.3, -0.25) is 5.32 Å². The first kappa shape index (κ1) is 22.1. The van der Waals surface area contributed by atoms with Crippen molar-refractivity contribution in [3.63, 3.8) is 0 Å². The number of nitrogens with zero attached hydrogens (tertiary/aromatic N) is 3. The number of amides is 1. The summed E-state index contributed by atoms with van der Waals surface area (Å²) in [5.41, 5.74) is -2.27. The Balaban J connectivity index is 1.92.